The quantitative estimate of drug-likeness (QED) is 0.409. The van der Waals surface area contributed by atoms with E-state index in [1.807, 2.05) is 26.0 Å². The van der Waals surface area contributed by atoms with Gasteiger partial charge in [-0.1, -0.05) is 6.07 Å². The van der Waals surface area contributed by atoms with Crippen LogP contribution in [0.3, 0.4) is 0 Å². The average Bonchev–Trinajstić information content (AvgIpc) is 2.78. The van der Waals surface area contributed by atoms with Crippen molar-refractivity contribution in [2.24, 2.45) is 0 Å². The number of aromatic nitrogens is 2. The number of sulfonamides is 2. The summed E-state index contributed by atoms with van der Waals surface area (Å²) < 4.78 is 53.3. The van der Waals surface area contributed by atoms with Gasteiger partial charge in [-0.15, -0.1) is 0 Å². The van der Waals surface area contributed by atoms with Crippen molar-refractivity contribution < 1.29 is 21.6 Å². The first-order valence-corrected chi connectivity index (χ1v) is 14.5. The molecule has 0 spiro atoms. The lowest BCUT2D eigenvalue weighted by Gasteiger charge is -2.23. The Hall–Kier alpha value is -3.51. The molecule has 2 N–H and O–H groups in total. The highest BCUT2D eigenvalue weighted by Gasteiger charge is 2.19. The van der Waals surface area contributed by atoms with Crippen LogP contribution in [0.1, 0.15) is 29.7 Å². The Balaban J connectivity index is 1.58. The monoisotopic (exact) mass is 531 g/mol. The number of rotatable bonds is 10. The van der Waals surface area contributed by atoms with E-state index in [0.29, 0.717) is 23.5 Å². The summed E-state index contributed by atoms with van der Waals surface area (Å²) in [4.78, 5) is 20.3. The molecule has 0 aliphatic carbocycles. The first-order valence-electron chi connectivity index (χ1n) is 11.1. The van der Waals surface area contributed by atoms with Gasteiger partial charge in [0.2, 0.25) is 21.9 Å². The number of hydrogen-bond acceptors (Lipinski definition) is 7. The maximum atomic E-state index is 12.6. The molecule has 1 aromatic heterocycles. The van der Waals surface area contributed by atoms with Gasteiger partial charge >= 0.3 is 0 Å². The number of nitrogens with zero attached hydrogens (tertiary/aromatic N) is 3. The Labute approximate surface area is 211 Å². The standard InChI is InChI=1S/C24H29N5O5S2/c1-17-7-10-21(16-18(17)2)29(35(4,31)32)15-5-6-23(30)27-20-8-11-22(12-9-20)36(33,34)28-24-25-14-13-19(3)26-24/h7-14,16H,5-6,15H2,1-4H3,(H,27,30)(H,25,26,28). The van der Waals surface area contributed by atoms with Gasteiger partial charge in [0.25, 0.3) is 10.0 Å². The van der Waals surface area contributed by atoms with Crippen LogP contribution >= 0.6 is 0 Å². The van der Waals surface area contributed by atoms with Crippen LogP contribution in [0.15, 0.2) is 59.6 Å². The predicted octanol–water partition coefficient (Wildman–Crippen LogP) is 3.39. The van der Waals surface area contributed by atoms with Gasteiger partial charge in [-0.2, -0.15) is 0 Å². The summed E-state index contributed by atoms with van der Waals surface area (Å²) in [5, 5.41) is 2.70. The van der Waals surface area contributed by atoms with Crippen molar-refractivity contribution in [2.75, 3.05) is 27.1 Å². The van der Waals surface area contributed by atoms with E-state index < -0.39 is 20.0 Å². The highest BCUT2D eigenvalue weighted by molar-refractivity contribution is 7.92. The number of amides is 1. The smallest absolute Gasteiger partial charge is 0.264 e. The highest BCUT2D eigenvalue weighted by Crippen LogP contribution is 2.22. The Bertz CT molecular complexity index is 1460. The molecule has 2 aromatic carbocycles. The molecule has 0 aliphatic rings. The number of anilines is 3. The molecular formula is C24H29N5O5S2. The third kappa shape index (κ3) is 7.25. The average molecular weight is 532 g/mol. The van der Waals surface area contributed by atoms with Crippen molar-refractivity contribution in [3.05, 3.63) is 71.5 Å². The summed E-state index contributed by atoms with van der Waals surface area (Å²) in [7, 11) is -7.41. The Morgan fingerprint density at radius 1 is 0.944 bits per heavy atom. The topological polar surface area (TPSA) is 138 Å². The minimum Gasteiger partial charge on any atom is -0.326 e. The molecule has 0 saturated heterocycles. The lowest BCUT2D eigenvalue weighted by atomic mass is 10.1. The summed E-state index contributed by atoms with van der Waals surface area (Å²) in [6.45, 7) is 5.73. The van der Waals surface area contributed by atoms with Crippen LogP contribution < -0.4 is 14.3 Å². The summed E-state index contributed by atoms with van der Waals surface area (Å²) in [5.74, 6) is -0.346. The number of carbonyl (C=O) groups is 1. The van der Waals surface area contributed by atoms with Crippen LogP contribution in [0.25, 0.3) is 0 Å². The number of hydrogen-bond donors (Lipinski definition) is 2. The van der Waals surface area contributed by atoms with E-state index in [4.69, 9.17) is 0 Å². The van der Waals surface area contributed by atoms with Gasteiger partial charge in [-0.3, -0.25) is 9.10 Å². The Kier molecular flexibility index (Phi) is 8.31. The van der Waals surface area contributed by atoms with E-state index in [0.717, 1.165) is 17.4 Å². The summed E-state index contributed by atoms with van der Waals surface area (Å²) in [6, 6.07) is 12.7. The van der Waals surface area contributed by atoms with Gasteiger partial charge in [0.15, 0.2) is 0 Å². The number of nitrogens with one attached hydrogen (secondary N) is 2. The van der Waals surface area contributed by atoms with Crippen LogP contribution in [0.4, 0.5) is 17.3 Å². The van der Waals surface area contributed by atoms with E-state index >= 15 is 0 Å². The van der Waals surface area contributed by atoms with Crippen molar-refractivity contribution in [3.63, 3.8) is 0 Å². The zero-order valence-corrected chi connectivity index (χ0v) is 22.1. The zero-order valence-electron chi connectivity index (χ0n) is 20.5. The van der Waals surface area contributed by atoms with E-state index in [9.17, 15) is 21.6 Å². The molecule has 0 saturated carbocycles. The van der Waals surface area contributed by atoms with Crippen molar-refractivity contribution in [1.82, 2.24) is 9.97 Å². The molecule has 0 atom stereocenters. The second-order valence-corrected chi connectivity index (χ2v) is 12.0. The SMILES string of the molecule is Cc1ccnc(NS(=O)(=O)c2ccc(NC(=O)CCCN(c3ccc(C)c(C)c3)S(C)(=O)=O)cc2)n1. The first-order chi connectivity index (χ1) is 16.8. The molecule has 10 nitrogen and oxygen atoms in total. The van der Waals surface area contributed by atoms with E-state index in [2.05, 4.69) is 20.0 Å². The Morgan fingerprint density at radius 2 is 1.64 bits per heavy atom. The van der Waals surface area contributed by atoms with Crippen LogP contribution in [-0.4, -0.2) is 45.5 Å². The molecule has 1 heterocycles. The first kappa shape index (κ1) is 27.1. The highest BCUT2D eigenvalue weighted by atomic mass is 32.2. The molecule has 0 radical (unpaired) electrons. The van der Waals surface area contributed by atoms with Crippen molar-refractivity contribution in [3.8, 4) is 0 Å². The van der Waals surface area contributed by atoms with Crippen molar-refractivity contribution in [2.45, 2.75) is 38.5 Å². The van der Waals surface area contributed by atoms with Gasteiger partial charge < -0.3 is 5.32 Å². The maximum absolute atomic E-state index is 12.6. The number of aryl methyl sites for hydroxylation is 3. The minimum absolute atomic E-state index is 0.0113. The fourth-order valence-electron chi connectivity index (χ4n) is 3.37. The van der Waals surface area contributed by atoms with Crippen LogP contribution in [0.2, 0.25) is 0 Å². The maximum Gasteiger partial charge on any atom is 0.264 e. The van der Waals surface area contributed by atoms with E-state index in [1.165, 1.54) is 34.8 Å². The van der Waals surface area contributed by atoms with Gasteiger partial charge in [0, 0.05) is 30.5 Å². The van der Waals surface area contributed by atoms with Gasteiger partial charge in [0.05, 0.1) is 16.8 Å². The molecule has 36 heavy (non-hydrogen) atoms. The van der Waals surface area contributed by atoms with Crippen molar-refractivity contribution >= 4 is 43.3 Å². The van der Waals surface area contributed by atoms with Gasteiger partial charge in [-0.25, -0.2) is 31.5 Å². The minimum atomic E-state index is -3.90. The molecular weight excluding hydrogens is 502 g/mol. The van der Waals surface area contributed by atoms with Crippen LogP contribution in [0, 0.1) is 20.8 Å². The van der Waals surface area contributed by atoms with E-state index in [-0.39, 0.29) is 29.7 Å². The molecule has 192 valence electrons. The summed E-state index contributed by atoms with van der Waals surface area (Å²) in [5.41, 5.74) is 3.63. The molecule has 1 amide bonds. The fourth-order valence-corrected chi connectivity index (χ4v) is 5.28. The molecule has 0 unspecified atom stereocenters. The summed E-state index contributed by atoms with van der Waals surface area (Å²) >= 11 is 0. The molecule has 0 fully saturated rings. The number of benzene rings is 2. The molecule has 0 bridgehead atoms. The second kappa shape index (κ2) is 11.0. The fraction of sp³-hybridized carbons (Fsp3) is 0.292. The lowest BCUT2D eigenvalue weighted by Crippen LogP contribution is -2.31. The molecule has 12 heteroatoms. The zero-order chi connectivity index (χ0) is 26.5. The largest absolute Gasteiger partial charge is 0.326 e. The molecule has 3 rings (SSSR count). The second-order valence-electron chi connectivity index (χ2n) is 8.41. The normalized spacial score (nSPS) is 11.7. The third-order valence-electron chi connectivity index (χ3n) is 5.41. The van der Waals surface area contributed by atoms with Crippen LogP contribution in [0.5, 0.6) is 0 Å². The van der Waals surface area contributed by atoms with Gasteiger partial charge in [0.1, 0.15) is 0 Å². The third-order valence-corrected chi connectivity index (χ3v) is 7.95. The molecule has 0 aliphatic heterocycles. The van der Waals surface area contributed by atoms with Crippen LogP contribution in [-0.2, 0) is 24.8 Å². The summed E-state index contributed by atoms with van der Waals surface area (Å²) in [6.07, 6.45) is 2.98. The van der Waals surface area contributed by atoms with Crippen molar-refractivity contribution in [1.29, 1.82) is 0 Å². The predicted molar refractivity (Wildman–Crippen MR) is 140 cm³/mol. The van der Waals surface area contributed by atoms with E-state index in [1.54, 1.807) is 19.1 Å². The van der Waals surface area contributed by atoms with Gasteiger partial charge in [-0.05, 0) is 80.8 Å². The molecule has 3 aromatic rings. The lowest BCUT2D eigenvalue weighted by molar-refractivity contribution is -0.116. The Morgan fingerprint density at radius 3 is 2.25 bits per heavy atom. The number of carbonyl (C=O) groups excluding carboxylic acids is 1.